The number of thiol groups is 1. The standard InChI is InChI=1S/C13H25NOS/c1-9(2)12-5-4-10(3)6-11(12)7-13(15)14-8-16/h9-12,16H,4-8H2,1-3H3,(H,14,15)/t10-,11?,12?/m0/s1. The SMILES string of the molecule is CC(C)C1CC[C@H](C)CC1CC(=O)NCS. The lowest BCUT2D eigenvalue weighted by atomic mass is 9.69. The van der Waals surface area contributed by atoms with Gasteiger partial charge in [-0.3, -0.25) is 4.79 Å². The lowest BCUT2D eigenvalue weighted by Gasteiger charge is -2.37. The zero-order valence-electron chi connectivity index (χ0n) is 10.7. The van der Waals surface area contributed by atoms with Gasteiger partial charge in [0.15, 0.2) is 0 Å². The van der Waals surface area contributed by atoms with Crippen molar-refractivity contribution in [3.63, 3.8) is 0 Å². The Hall–Kier alpha value is -0.180. The molecule has 0 heterocycles. The first kappa shape index (κ1) is 13.9. The molecule has 0 bridgehead atoms. The summed E-state index contributed by atoms with van der Waals surface area (Å²) in [5.41, 5.74) is 0. The molecule has 1 N–H and O–H groups in total. The lowest BCUT2D eigenvalue weighted by Crippen LogP contribution is -2.33. The fourth-order valence-corrected chi connectivity index (χ4v) is 3.21. The van der Waals surface area contributed by atoms with Gasteiger partial charge in [-0.15, -0.1) is 0 Å². The molecule has 0 aliphatic heterocycles. The third-order valence-electron chi connectivity index (χ3n) is 3.88. The van der Waals surface area contributed by atoms with Gasteiger partial charge in [-0.1, -0.05) is 27.2 Å². The van der Waals surface area contributed by atoms with Crippen LogP contribution >= 0.6 is 12.6 Å². The smallest absolute Gasteiger partial charge is 0.220 e. The van der Waals surface area contributed by atoms with Gasteiger partial charge in [0.2, 0.25) is 5.91 Å². The molecular weight excluding hydrogens is 218 g/mol. The Bertz CT molecular complexity index is 230. The van der Waals surface area contributed by atoms with E-state index in [0.717, 1.165) is 11.8 Å². The summed E-state index contributed by atoms with van der Waals surface area (Å²) in [6.45, 7) is 6.87. The average Bonchev–Trinajstić information content (AvgIpc) is 2.17. The van der Waals surface area contributed by atoms with Crippen molar-refractivity contribution in [3.8, 4) is 0 Å². The maximum absolute atomic E-state index is 11.6. The highest BCUT2D eigenvalue weighted by Crippen LogP contribution is 2.39. The molecule has 3 atom stereocenters. The van der Waals surface area contributed by atoms with Gasteiger partial charge >= 0.3 is 0 Å². The van der Waals surface area contributed by atoms with E-state index in [2.05, 4.69) is 38.7 Å². The van der Waals surface area contributed by atoms with Crippen molar-refractivity contribution in [1.82, 2.24) is 5.32 Å². The summed E-state index contributed by atoms with van der Waals surface area (Å²) >= 11 is 4.03. The summed E-state index contributed by atoms with van der Waals surface area (Å²) in [6, 6.07) is 0. The van der Waals surface area contributed by atoms with Gasteiger partial charge in [0.05, 0.1) is 5.88 Å². The zero-order valence-corrected chi connectivity index (χ0v) is 11.6. The minimum absolute atomic E-state index is 0.166. The first-order valence-electron chi connectivity index (χ1n) is 6.42. The number of hydrogen-bond donors (Lipinski definition) is 2. The van der Waals surface area contributed by atoms with Crippen molar-refractivity contribution < 1.29 is 4.79 Å². The van der Waals surface area contributed by atoms with Crippen LogP contribution in [-0.4, -0.2) is 11.8 Å². The second kappa shape index (κ2) is 6.53. The van der Waals surface area contributed by atoms with Crippen LogP contribution in [-0.2, 0) is 4.79 Å². The van der Waals surface area contributed by atoms with E-state index in [-0.39, 0.29) is 5.91 Å². The molecule has 1 fully saturated rings. The normalized spacial score (nSPS) is 30.4. The fraction of sp³-hybridized carbons (Fsp3) is 0.923. The third-order valence-corrected chi connectivity index (χ3v) is 4.04. The first-order valence-corrected chi connectivity index (χ1v) is 7.05. The Morgan fingerprint density at radius 1 is 1.44 bits per heavy atom. The molecule has 3 heteroatoms. The predicted octanol–water partition coefficient (Wildman–Crippen LogP) is 3.09. The Morgan fingerprint density at radius 3 is 2.69 bits per heavy atom. The molecule has 0 aromatic heterocycles. The topological polar surface area (TPSA) is 29.1 Å². The largest absolute Gasteiger partial charge is 0.347 e. The van der Waals surface area contributed by atoms with Crippen molar-refractivity contribution in [1.29, 1.82) is 0 Å². The number of rotatable bonds is 4. The summed E-state index contributed by atoms with van der Waals surface area (Å²) in [7, 11) is 0. The van der Waals surface area contributed by atoms with E-state index in [1.54, 1.807) is 0 Å². The van der Waals surface area contributed by atoms with Crippen LogP contribution in [0.1, 0.15) is 46.5 Å². The second-order valence-electron chi connectivity index (χ2n) is 5.55. The van der Waals surface area contributed by atoms with Gasteiger partial charge in [0.1, 0.15) is 0 Å². The highest BCUT2D eigenvalue weighted by Gasteiger charge is 2.31. The molecule has 1 saturated carbocycles. The third kappa shape index (κ3) is 4.00. The van der Waals surface area contributed by atoms with Crippen molar-refractivity contribution in [2.24, 2.45) is 23.7 Å². The minimum Gasteiger partial charge on any atom is -0.347 e. The molecule has 2 unspecified atom stereocenters. The van der Waals surface area contributed by atoms with E-state index in [9.17, 15) is 4.79 Å². The lowest BCUT2D eigenvalue weighted by molar-refractivity contribution is -0.122. The van der Waals surface area contributed by atoms with Gasteiger partial charge in [0, 0.05) is 6.42 Å². The molecular formula is C13H25NOS. The van der Waals surface area contributed by atoms with Gasteiger partial charge in [-0.25, -0.2) is 0 Å². The molecule has 1 aliphatic rings. The summed E-state index contributed by atoms with van der Waals surface area (Å²) < 4.78 is 0. The Balaban J connectivity index is 2.54. The monoisotopic (exact) mass is 243 g/mol. The van der Waals surface area contributed by atoms with Crippen molar-refractivity contribution in [2.75, 3.05) is 5.88 Å². The zero-order chi connectivity index (χ0) is 12.1. The first-order chi connectivity index (χ1) is 7.54. The van der Waals surface area contributed by atoms with Crippen molar-refractivity contribution in [2.45, 2.75) is 46.5 Å². The molecule has 1 amide bonds. The number of carbonyl (C=O) groups excluding carboxylic acids is 1. The van der Waals surface area contributed by atoms with Crippen LogP contribution in [0.15, 0.2) is 0 Å². The Labute approximate surface area is 105 Å². The fourth-order valence-electron chi connectivity index (χ4n) is 3.03. The van der Waals surface area contributed by atoms with E-state index in [1.807, 2.05) is 0 Å². The van der Waals surface area contributed by atoms with Crippen LogP contribution < -0.4 is 5.32 Å². The van der Waals surface area contributed by atoms with Crippen molar-refractivity contribution in [3.05, 3.63) is 0 Å². The molecule has 2 nitrogen and oxygen atoms in total. The van der Waals surface area contributed by atoms with Crippen LogP contribution in [0.5, 0.6) is 0 Å². The molecule has 94 valence electrons. The summed E-state index contributed by atoms with van der Waals surface area (Å²) in [4.78, 5) is 11.6. The molecule has 0 spiro atoms. The molecule has 0 aromatic rings. The molecule has 0 saturated heterocycles. The second-order valence-corrected chi connectivity index (χ2v) is 5.86. The average molecular weight is 243 g/mol. The highest BCUT2D eigenvalue weighted by molar-refractivity contribution is 7.80. The van der Waals surface area contributed by atoms with E-state index in [0.29, 0.717) is 24.1 Å². The van der Waals surface area contributed by atoms with Gasteiger partial charge in [0.25, 0.3) is 0 Å². The van der Waals surface area contributed by atoms with Crippen LogP contribution in [0.3, 0.4) is 0 Å². The molecule has 16 heavy (non-hydrogen) atoms. The van der Waals surface area contributed by atoms with Gasteiger partial charge in [-0.05, 0) is 36.5 Å². The number of amides is 1. The quantitative estimate of drug-likeness (QED) is 0.576. The van der Waals surface area contributed by atoms with Crippen LogP contribution in [0.25, 0.3) is 0 Å². The highest BCUT2D eigenvalue weighted by atomic mass is 32.1. The van der Waals surface area contributed by atoms with E-state index in [4.69, 9.17) is 0 Å². The number of nitrogens with one attached hydrogen (secondary N) is 1. The van der Waals surface area contributed by atoms with E-state index < -0.39 is 0 Å². The van der Waals surface area contributed by atoms with Crippen LogP contribution in [0, 0.1) is 23.7 Å². The summed E-state index contributed by atoms with van der Waals surface area (Å²) in [5.74, 6) is 3.39. The minimum atomic E-state index is 0.166. The molecule has 1 aliphatic carbocycles. The molecule has 0 aromatic carbocycles. The van der Waals surface area contributed by atoms with Crippen molar-refractivity contribution >= 4 is 18.5 Å². The van der Waals surface area contributed by atoms with Gasteiger partial charge in [-0.2, -0.15) is 12.6 Å². The number of carbonyl (C=O) groups is 1. The molecule has 1 rings (SSSR count). The number of hydrogen-bond acceptors (Lipinski definition) is 2. The van der Waals surface area contributed by atoms with E-state index in [1.165, 1.54) is 19.3 Å². The van der Waals surface area contributed by atoms with Crippen LogP contribution in [0.2, 0.25) is 0 Å². The summed E-state index contributed by atoms with van der Waals surface area (Å²) in [6.07, 6.45) is 4.52. The summed E-state index contributed by atoms with van der Waals surface area (Å²) in [5, 5.41) is 2.79. The van der Waals surface area contributed by atoms with Crippen LogP contribution in [0.4, 0.5) is 0 Å². The molecule has 0 radical (unpaired) electrons. The maximum Gasteiger partial charge on any atom is 0.220 e. The van der Waals surface area contributed by atoms with Gasteiger partial charge < -0.3 is 5.32 Å². The maximum atomic E-state index is 11.6. The van der Waals surface area contributed by atoms with E-state index >= 15 is 0 Å². The predicted molar refractivity (Wildman–Crippen MR) is 71.4 cm³/mol. The Kier molecular flexibility index (Phi) is 5.67. The Morgan fingerprint density at radius 2 is 2.12 bits per heavy atom.